The lowest BCUT2D eigenvalue weighted by atomic mass is 10.0. The van der Waals surface area contributed by atoms with Crippen LogP contribution in [0.1, 0.15) is 19.4 Å². The molecule has 25 heavy (non-hydrogen) atoms. The molecule has 1 aromatic rings. The van der Waals surface area contributed by atoms with E-state index in [0.29, 0.717) is 24.7 Å². The Bertz CT molecular complexity index is 576. The van der Waals surface area contributed by atoms with Crippen LogP contribution in [0.3, 0.4) is 0 Å². The smallest absolute Gasteiger partial charge is 0.407 e. The van der Waals surface area contributed by atoms with Crippen molar-refractivity contribution in [1.29, 1.82) is 0 Å². The fourth-order valence-electron chi connectivity index (χ4n) is 2.21. The van der Waals surface area contributed by atoms with Gasteiger partial charge in [-0.2, -0.15) is 0 Å². The summed E-state index contributed by atoms with van der Waals surface area (Å²) in [5.74, 6) is 0.294. The second-order valence-electron chi connectivity index (χ2n) is 5.06. The van der Waals surface area contributed by atoms with Gasteiger partial charge in [-0.15, -0.1) is 0 Å². The van der Waals surface area contributed by atoms with Crippen molar-refractivity contribution in [3.8, 4) is 11.5 Å². The standard InChI is InChI=1S/C17H25NO7/c1-5-24-13-8-7-11(10-14(13)25-6-2)9-12(18-17(21)23-4)15(19)16(20)22-3/h7-8,10,12,15,19H,5-6,9H2,1-4H3,(H,18,21). The summed E-state index contributed by atoms with van der Waals surface area (Å²) >= 11 is 0. The van der Waals surface area contributed by atoms with Crippen LogP contribution in [-0.4, -0.2) is 56.7 Å². The largest absolute Gasteiger partial charge is 0.490 e. The number of ether oxygens (including phenoxy) is 4. The highest BCUT2D eigenvalue weighted by Crippen LogP contribution is 2.29. The Morgan fingerprint density at radius 3 is 2.28 bits per heavy atom. The monoisotopic (exact) mass is 355 g/mol. The molecule has 0 aromatic heterocycles. The van der Waals surface area contributed by atoms with Crippen LogP contribution in [0.15, 0.2) is 18.2 Å². The maximum Gasteiger partial charge on any atom is 0.407 e. The van der Waals surface area contributed by atoms with Crippen molar-refractivity contribution in [2.24, 2.45) is 0 Å². The fraction of sp³-hybridized carbons (Fsp3) is 0.529. The highest BCUT2D eigenvalue weighted by atomic mass is 16.5. The first-order valence-corrected chi connectivity index (χ1v) is 7.95. The van der Waals surface area contributed by atoms with Gasteiger partial charge in [-0.25, -0.2) is 9.59 Å². The molecule has 0 bridgehead atoms. The lowest BCUT2D eigenvalue weighted by molar-refractivity contribution is -0.151. The molecule has 0 aliphatic heterocycles. The summed E-state index contributed by atoms with van der Waals surface area (Å²) in [6.07, 6.45) is -2.13. The first kappa shape index (κ1) is 20.6. The van der Waals surface area contributed by atoms with Crippen LogP contribution in [-0.2, 0) is 20.7 Å². The van der Waals surface area contributed by atoms with Crippen LogP contribution in [0.5, 0.6) is 11.5 Å². The molecular weight excluding hydrogens is 330 g/mol. The predicted octanol–water partition coefficient (Wildman–Crippen LogP) is 1.28. The molecule has 1 rings (SSSR count). The van der Waals surface area contributed by atoms with Gasteiger partial charge in [0, 0.05) is 0 Å². The molecule has 0 spiro atoms. The van der Waals surface area contributed by atoms with Gasteiger partial charge in [-0.3, -0.25) is 0 Å². The molecule has 2 unspecified atom stereocenters. The van der Waals surface area contributed by atoms with Crippen molar-refractivity contribution >= 4 is 12.1 Å². The van der Waals surface area contributed by atoms with E-state index in [1.165, 1.54) is 7.11 Å². The number of hydrogen-bond acceptors (Lipinski definition) is 7. The zero-order valence-electron chi connectivity index (χ0n) is 14.9. The minimum atomic E-state index is -1.54. The van der Waals surface area contributed by atoms with Crippen LogP contribution in [0.4, 0.5) is 4.79 Å². The number of hydrogen-bond donors (Lipinski definition) is 2. The van der Waals surface area contributed by atoms with Gasteiger partial charge in [0.15, 0.2) is 17.6 Å². The van der Waals surface area contributed by atoms with Crippen LogP contribution in [0.2, 0.25) is 0 Å². The topological polar surface area (TPSA) is 103 Å². The van der Waals surface area contributed by atoms with E-state index in [2.05, 4.69) is 14.8 Å². The third-order valence-electron chi connectivity index (χ3n) is 3.38. The molecular formula is C17H25NO7. The SMILES string of the molecule is CCOc1ccc(CC(NC(=O)OC)C(O)C(=O)OC)cc1OCC. The number of methoxy groups -OCH3 is 2. The minimum absolute atomic E-state index is 0.165. The molecule has 8 nitrogen and oxygen atoms in total. The predicted molar refractivity (Wildman–Crippen MR) is 89.8 cm³/mol. The molecule has 0 aliphatic rings. The molecule has 2 N–H and O–H groups in total. The molecule has 0 radical (unpaired) electrons. The summed E-state index contributed by atoms with van der Waals surface area (Å²) in [6.45, 7) is 4.67. The van der Waals surface area contributed by atoms with E-state index >= 15 is 0 Å². The van der Waals surface area contributed by atoms with Crippen molar-refractivity contribution in [1.82, 2.24) is 5.32 Å². The van der Waals surface area contributed by atoms with E-state index in [1.807, 2.05) is 13.8 Å². The molecule has 0 aliphatic carbocycles. The number of alkyl carbamates (subject to hydrolysis) is 1. The molecule has 1 aromatic carbocycles. The van der Waals surface area contributed by atoms with E-state index in [9.17, 15) is 14.7 Å². The van der Waals surface area contributed by atoms with Gasteiger partial charge < -0.3 is 29.4 Å². The number of amides is 1. The minimum Gasteiger partial charge on any atom is -0.490 e. The normalized spacial score (nSPS) is 12.7. The Labute approximate surface area is 147 Å². The van der Waals surface area contributed by atoms with Gasteiger partial charge in [0.2, 0.25) is 0 Å². The van der Waals surface area contributed by atoms with E-state index in [0.717, 1.165) is 12.7 Å². The van der Waals surface area contributed by atoms with Crippen molar-refractivity contribution in [3.63, 3.8) is 0 Å². The number of aliphatic hydroxyl groups is 1. The molecule has 0 fully saturated rings. The second-order valence-corrected chi connectivity index (χ2v) is 5.06. The molecule has 140 valence electrons. The highest BCUT2D eigenvalue weighted by Gasteiger charge is 2.29. The third kappa shape index (κ3) is 6.15. The van der Waals surface area contributed by atoms with E-state index in [1.54, 1.807) is 18.2 Å². The van der Waals surface area contributed by atoms with Gasteiger partial charge in [0.1, 0.15) is 0 Å². The number of carbonyl (C=O) groups is 2. The Morgan fingerprint density at radius 1 is 1.08 bits per heavy atom. The highest BCUT2D eigenvalue weighted by molar-refractivity contribution is 5.77. The Kier molecular flexibility index (Phi) is 8.55. The van der Waals surface area contributed by atoms with Gasteiger partial charge in [-0.05, 0) is 38.0 Å². The maximum absolute atomic E-state index is 11.6. The van der Waals surface area contributed by atoms with Crippen molar-refractivity contribution < 1.29 is 33.6 Å². The molecule has 2 atom stereocenters. The summed E-state index contributed by atoms with van der Waals surface area (Å²) < 4.78 is 20.1. The van der Waals surface area contributed by atoms with Gasteiger partial charge in [-0.1, -0.05) is 6.07 Å². The average molecular weight is 355 g/mol. The first-order valence-electron chi connectivity index (χ1n) is 7.95. The van der Waals surface area contributed by atoms with Crippen molar-refractivity contribution in [2.45, 2.75) is 32.4 Å². The number of benzene rings is 1. The average Bonchev–Trinajstić information content (AvgIpc) is 2.62. The summed E-state index contributed by atoms with van der Waals surface area (Å²) in [5.41, 5.74) is 0.733. The summed E-state index contributed by atoms with van der Waals surface area (Å²) in [5, 5.41) is 12.5. The quantitative estimate of drug-likeness (QED) is 0.643. The van der Waals surface area contributed by atoms with Gasteiger partial charge in [0.05, 0.1) is 33.5 Å². The number of carbonyl (C=O) groups excluding carboxylic acids is 2. The van der Waals surface area contributed by atoms with E-state index < -0.39 is 24.2 Å². The lowest BCUT2D eigenvalue weighted by Gasteiger charge is -2.22. The summed E-state index contributed by atoms with van der Waals surface area (Å²) in [6, 6.07) is 4.32. The second kappa shape index (κ2) is 10.4. The third-order valence-corrected chi connectivity index (χ3v) is 3.38. The summed E-state index contributed by atoms with van der Waals surface area (Å²) in [7, 11) is 2.35. The molecule has 8 heteroatoms. The summed E-state index contributed by atoms with van der Waals surface area (Å²) in [4.78, 5) is 23.1. The van der Waals surface area contributed by atoms with Crippen molar-refractivity contribution in [3.05, 3.63) is 23.8 Å². The van der Waals surface area contributed by atoms with Crippen LogP contribution in [0, 0.1) is 0 Å². The number of esters is 1. The van der Waals surface area contributed by atoms with Crippen LogP contribution in [0.25, 0.3) is 0 Å². The van der Waals surface area contributed by atoms with Gasteiger partial charge in [0.25, 0.3) is 0 Å². The lowest BCUT2D eigenvalue weighted by Crippen LogP contribution is -2.48. The molecule has 0 saturated carbocycles. The Hall–Kier alpha value is -2.48. The van der Waals surface area contributed by atoms with E-state index in [4.69, 9.17) is 9.47 Å². The number of rotatable bonds is 9. The van der Waals surface area contributed by atoms with Crippen LogP contribution >= 0.6 is 0 Å². The van der Waals surface area contributed by atoms with Gasteiger partial charge >= 0.3 is 12.1 Å². The molecule has 0 heterocycles. The number of aliphatic hydroxyl groups excluding tert-OH is 1. The fourth-order valence-corrected chi connectivity index (χ4v) is 2.21. The Balaban J connectivity index is 3.03. The Morgan fingerprint density at radius 2 is 1.72 bits per heavy atom. The zero-order chi connectivity index (χ0) is 18.8. The van der Waals surface area contributed by atoms with Crippen molar-refractivity contribution in [2.75, 3.05) is 27.4 Å². The zero-order valence-corrected chi connectivity index (χ0v) is 14.9. The molecule has 1 amide bonds. The van der Waals surface area contributed by atoms with Crippen LogP contribution < -0.4 is 14.8 Å². The maximum atomic E-state index is 11.6. The first-order chi connectivity index (χ1) is 12.0. The van der Waals surface area contributed by atoms with E-state index in [-0.39, 0.29) is 6.42 Å². The number of nitrogens with one attached hydrogen (secondary N) is 1. The molecule has 0 saturated heterocycles.